The number of aryl methyl sites for hydroxylation is 1. The first-order valence-electron chi connectivity index (χ1n) is 4.96. The standard InChI is InChI=1S/C11H13ClN2O2/c1-7-3-2-4-8(12)9(7)11(13)5-14(6-11)10(15)16/h2-4H,5-6,13H2,1H3,(H,15,16). The van der Waals surface area contributed by atoms with E-state index in [2.05, 4.69) is 0 Å². The van der Waals surface area contributed by atoms with Gasteiger partial charge in [0.05, 0.1) is 5.54 Å². The third-order valence-electron chi connectivity index (χ3n) is 2.94. The molecular weight excluding hydrogens is 228 g/mol. The molecule has 0 aromatic heterocycles. The van der Waals surface area contributed by atoms with E-state index in [4.69, 9.17) is 22.4 Å². The van der Waals surface area contributed by atoms with E-state index in [1.54, 1.807) is 6.07 Å². The number of rotatable bonds is 1. The Morgan fingerprint density at radius 2 is 2.19 bits per heavy atom. The van der Waals surface area contributed by atoms with Crippen LogP contribution < -0.4 is 5.73 Å². The monoisotopic (exact) mass is 240 g/mol. The van der Waals surface area contributed by atoms with Crippen molar-refractivity contribution in [1.82, 2.24) is 4.90 Å². The average Bonchev–Trinajstić information content (AvgIpc) is 2.13. The van der Waals surface area contributed by atoms with Gasteiger partial charge in [-0.05, 0) is 24.1 Å². The van der Waals surface area contributed by atoms with Crippen LogP contribution in [-0.2, 0) is 5.54 Å². The van der Waals surface area contributed by atoms with Crippen LogP contribution in [0.4, 0.5) is 4.79 Å². The molecule has 0 atom stereocenters. The maximum Gasteiger partial charge on any atom is 0.407 e. The number of likely N-dealkylation sites (tertiary alicyclic amines) is 1. The van der Waals surface area contributed by atoms with Crippen LogP contribution in [0.25, 0.3) is 0 Å². The fraction of sp³-hybridized carbons (Fsp3) is 0.364. The SMILES string of the molecule is Cc1cccc(Cl)c1C1(N)CN(C(=O)O)C1. The van der Waals surface area contributed by atoms with E-state index in [0.717, 1.165) is 11.1 Å². The van der Waals surface area contributed by atoms with Gasteiger partial charge in [-0.3, -0.25) is 0 Å². The van der Waals surface area contributed by atoms with Crippen LogP contribution in [0.1, 0.15) is 11.1 Å². The Balaban J connectivity index is 2.30. The molecule has 1 fully saturated rings. The summed E-state index contributed by atoms with van der Waals surface area (Å²) in [6.45, 7) is 2.53. The highest BCUT2D eigenvalue weighted by molar-refractivity contribution is 6.31. The minimum atomic E-state index is -0.939. The molecular formula is C11H13ClN2O2. The van der Waals surface area contributed by atoms with Gasteiger partial charge in [0, 0.05) is 18.1 Å². The van der Waals surface area contributed by atoms with Gasteiger partial charge in [0.25, 0.3) is 0 Å². The first-order chi connectivity index (χ1) is 7.44. The third-order valence-corrected chi connectivity index (χ3v) is 3.25. The number of nitrogens with two attached hydrogens (primary N) is 1. The number of carboxylic acid groups (broad SMARTS) is 1. The summed E-state index contributed by atoms with van der Waals surface area (Å²) in [5, 5.41) is 9.39. The van der Waals surface area contributed by atoms with E-state index in [-0.39, 0.29) is 0 Å². The number of carbonyl (C=O) groups is 1. The molecule has 0 bridgehead atoms. The van der Waals surface area contributed by atoms with Crippen LogP contribution in [0.3, 0.4) is 0 Å². The van der Waals surface area contributed by atoms with Crippen molar-refractivity contribution in [3.8, 4) is 0 Å². The van der Waals surface area contributed by atoms with Crippen molar-refractivity contribution in [3.63, 3.8) is 0 Å². The van der Waals surface area contributed by atoms with Gasteiger partial charge in [0.1, 0.15) is 0 Å². The number of benzene rings is 1. The largest absolute Gasteiger partial charge is 0.465 e. The number of amides is 1. The minimum absolute atomic E-state index is 0.299. The van der Waals surface area contributed by atoms with Crippen molar-refractivity contribution in [1.29, 1.82) is 0 Å². The van der Waals surface area contributed by atoms with Gasteiger partial charge in [-0.2, -0.15) is 0 Å². The van der Waals surface area contributed by atoms with Crippen molar-refractivity contribution < 1.29 is 9.90 Å². The molecule has 0 saturated carbocycles. The first-order valence-corrected chi connectivity index (χ1v) is 5.34. The number of hydrogen-bond acceptors (Lipinski definition) is 2. The zero-order chi connectivity index (χ0) is 11.9. The van der Waals surface area contributed by atoms with Crippen molar-refractivity contribution in [2.75, 3.05) is 13.1 Å². The predicted octanol–water partition coefficient (Wildman–Crippen LogP) is 1.80. The molecule has 86 valence electrons. The van der Waals surface area contributed by atoms with Crippen molar-refractivity contribution in [2.24, 2.45) is 5.73 Å². The highest BCUT2D eigenvalue weighted by Crippen LogP contribution is 2.35. The molecule has 0 spiro atoms. The van der Waals surface area contributed by atoms with Crippen LogP contribution in [-0.4, -0.2) is 29.2 Å². The van der Waals surface area contributed by atoms with Gasteiger partial charge in [0.15, 0.2) is 0 Å². The van der Waals surface area contributed by atoms with Gasteiger partial charge < -0.3 is 15.7 Å². The zero-order valence-corrected chi connectivity index (χ0v) is 9.66. The second-order valence-corrected chi connectivity index (χ2v) is 4.63. The van der Waals surface area contributed by atoms with E-state index in [9.17, 15) is 4.79 Å². The quantitative estimate of drug-likeness (QED) is 0.787. The molecule has 0 unspecified atom stereocenters. The summed E-state index contributed by atoms with van der Waals surface area (Å²) >= 11 is 6.11. The molecule has 16 heavy (non-hydrogen) atoms. The van der Waals surface area contributed by atoms with Crippen molar-refractivity contribution >= 4 is 17.7 Å². The Morgan fingerprint density at radius 3 is 2.69 bits per heavy atom. The molecule has 1 saturated heterocycles. The van der Waals surface area contributed by atoms with Crippen LogP contribution in [0.2, 0.25) is 5.02 Å². The smallest absolute Gasteiger partial charge is 0.407 e. The third kappa shape index (κ3) is 1.64. The van der Waals surface area contributed by atoms with Gasteiger partial charge >= 0.3 is 6.09 Å². The van der Waals surface area contributed by atoms with E-state index in [1.807, 2.05) is 19.1 Å². The van der Waals surface area contributed by atoms with Crippen LogP contribution >= 0.6 is 11.6 Å². The van der Waals surface area contributed by atoms with Gasteiger partial charge in [-0.25, -0.2) is 4.79 Å². The summed E-state index contributed by atoms with van der Waals surface area (Å²) in [5.74, 6) is 0. The normalized spacial score (nSPS) is 18.1. The lowest BCUT2D eigenvalue weighted by Gasteiger charge is -2.47. The lowest BCUT2D eigenvalue weighted by molar-refractivity contribution is 0.0622. The highest BCUT2D eigenvalue weighted by Gasteiger charge is 2.45. The first kappa shape index (κ1) is 11.2. The molecule has 2 rings (SSSR count). The Hall–Kier alpha value is -1.26. The van der Waals surface area contributed by atoms with E-state index in [1.165, 1.54) is 4.90 Å². The molecule has 5 heteroatoms. The fourth-order valence-electron chi connectivity index (χ4n) is 2.19. The predicted molar refractivity (Wildman–Crippen MR) is 61.7 cm³/mol. The second-order valence-electron chi connectivity index (χ2n) is 4.23. The second kappa shape index (κ2) is 3.64. The van der Waals surface area contributed by atoms with Crippen LogP contribution in [0, 0.1) is 6.92 Å². The van der Waals surface area contributed by atoms with Crippen LogP contribution in [0.5, 0.6) is 0 Å². The molecule has 0 aliphatic carbocycles. The topological polar surface area (TPSA) is 66.6 Å². The number of nitrogens with zero attached hydrogens (tertiary/aromatic N) is 1. The summed E-state index contributed by atoms with van der Waals surface area (Å²) in [4.78, 5) is 12.0. The average molecular weight is 241 g/mol. The molecule has 1 aliphatic rings. The zero-order valence-electron chi connectivity index (χ0n) is 8.90. The Bertz CT molecular complexity index is 421. The summed E-state index contributed by atoms with van der Waals surface area (Å²) < 4.78 is 0. The lowest BCUT2D eigenvalue weighted by atomic mass is 9.81. The van der Waals surface area contributed by atoms with E-state index >= 15 is 0 Å². The van der Waals surface area contributed by atoms with Gasteiger partial charge in [-0.1, -0.05) is 23.7 Å². The summed E-state index contributed by atoms with van der Waals surface area (Å²) in [7, 11) is 0. The summed E-state index contributed by atoms with van der Waals surface area (Å²) in [6.07, 6.45) is -0.939. The molecule has 1 amide bonds. The van der Waals surface area contributed by atoms with Gasteiger partial charge in [0.2, 0.25) is 0 Å². The minimum Gasteiger partial charge on any atom is -0.465 e. The number of halogens is 1. The van der Waals surface area contributed by atoms with E-state index < -0.39 is 11.6 Å². The molecule has 0 radical (unpaired) electrons. The van der Waals surface area contributed by atoms with Crippen LogP contribution in [0.15, 0.2) is 18.2 Å². The number of hydrogen-bond donors (Lipinski definition) is 2. The molecule has 1 aromatic rings. The summed E-state index contributed by atoms with van der Waals surface area (Å²) in [6, 6.07) is 5.57. The maximum absolute atomic E-state index is 10.7. The molecule has 3 N–H and O–H groups in total. The summed E-state index contributed by atoms with van der Waals surface area (Å²) in [5.41, 5.74) is 7.38. The maximum atomic E-state index is 10.7. The Morgan fingerprint density at radius 1 is 1.56 bits per heavy atom. The highest BCUT2D eigenvalue weighted by atomic mass is 35.5. The Kier molecular flexibility index (Phi) is 2.56. The molecule has 1 aliphatic heterocycles. The molecule has 1 aromatic carbocycles. The van der Waals surface area contributed by atoms with Crippen molar-refractivity contribution in [2.45, 2.75) is 12.5 Å². The lowest BCUT2D eigenvalue weighted by Crippen LogP contribution is -2.66. The Labute approximate surface area is 98.6 Å². The van der Waals surface area contributed by atoms with Gasteiger partial charge in [-0.15, -0.1) is 0 Å². The fourth-order valence-corrected chi connectivity index (χ4v) is 2.60. The molecule has 4 nitrogen and oxygen atoms in total. The molecule has 1 heterocycles. The van der Waals surface area contributed by atoms with Crippen molar-refractivity contribution in [3.05, 3.63) is 34.3 Å². The van der Waals surface area contributed by atoms with E-state index in [0.29, 0.717) is 18.1 Å².